The van der Waals surface area contributed by atoms with Gasteiger partial charge in [0, 0.05) is 6.42 Å². The fraction of sp³-hybridized carbons (Fsp3) is 0.571. The first-order valence-electron chi connectivity index (χ1n) is 3.19. The zero-order valence-electron chi connectivity index (χ0n) is 5.26. The molecule has 0 spiro atoms. The number of allylic oxidation sites excluding steroid dienone is 2. The maximum atomic E-state index is 9.97. The second kappa shape index (κ2) is 2.67. The zero-order chi connectivity index (χ0) is 6.69. The van der Waals surface area contributed by atoms with Gasteiger partial charge in [-0.1, -0.05) is 11.6 Å². The molecule has 1 aliphatic carbocycles. The summed E-state index contributed by atoms with van der Waals surface area (Å²) < 4.78 is 0. The molecule has 0 atom stereocenters. The Morgan fingerprint density at radius 2 is 2.33 bits per heavy atom. The van der Waals surface area contributed by atoms with E-state index in [2.05, 4.69) is 0 Å². The van der Waals surface area contributed by atoms with E-state index in [1.165, 1.54) is 18.4 Å². The second-order valence-corrected chi connectivity index (χ2v) is 2.29. The predicted octanol–water partition coefficient (Wildman–Crippen LogP) is 1.57. The molecule has 1 saturated carbocycles. The zero-order valence-corrected chi connectivity index (χ0v) is 5.26. The van der Waals surface area contributed by atoms with Gasteiger partial charge in [-0.15, -0.1) is 0 Å². The molecule has 0 radical (unpaired) electrons. The standard InChI is InChI=1S/C7H10O2/c8-7(9)3-1-2-6-4-5-6/h2H,1,3-5H2,(H,8,9). The van der Waals surface area contributed by atoms with Crippen molar-refractivity contribution in [1.29, 1.82) is 0 Å². The lowest BCUT2D eigenvalue weighted by Crippen LogP contribution is -1.91. The Hall–Kier alpha value is -0.790. The molecule has 0 heterocycles. The summed E-state index contributed by atoms with van der Waals surface area (Å²) in [7, 11) is 0. The summed E-state index contributed by atoms with van der Waals surface area (Å²) in [6.07, 6.45) is 5.42. The van der Waals surface area contributed by atoms with Crippen LogP contribution in [0, 0.1) is 0 Å². The minimum Gasteiger partial charge on any atom is -0.481 e. The number of carboxylic acid groups (broad SMARTS) is 1. The summed E-state index contributed by atoms with van der Waals surface area (Å²) in [6, 6.07) is 0. The van der Waals surface area contributed by atoms with Gasteiger partial charge in [-0.05, 0) is 19.3 Å². The number of carbonyl (C=O) groups is 1. The first-order chi connectivity index (χ1) is 4.29. The van der Waals surface area contributed by atoms with Gasteiger partial charge < -0.3 is 5.11 Å². The topological polar surface area (TPSA) is 37.3 Å². The van der Waals surface area contributed by atoms with E-state index in [1.807, 2.05) is 6.08 Å². The third-order valence-electron chi connectivity index (χ3n) is 1.33. The first-order valence-corrected chi connectivity index (χ1v) is 3.19. The highest BCUT2D eigenvalue weighted by molar-refractivity contribution is 5.66. The van der Waals surface area contributed by atoms with Crippen molar-refractivity contribution in [2.75, 3.05) is 0 Å². The van der Waals surface area contributed by atoms with Crippen molar-refractivity contribution in [2.24, 2.45) is 0 Å². The van der Waals surface area contributed by atoms with E-state index in [0.29, 0.717) is 6.42 Å². The smallest absolute Gasteiger partial charge is 0.303 e. The molecule has 2 nitrogen and oxygen atoms in total. The number of hydrogen-bond acceptors (Lipinski definition) is 1. The molecule has 2 heteroatoms. The fourth-order valence-corrected chi connectivity index (χ4v) is 0.676. The molecule has 0 aromatic rings. The van der Waals surface area contributed by atoms with E-state index in [1.54, 1.807) is 0 Å². The normalized spacial score (nSPS) is 15.3. The van der Waals surface area contributed by atoms with Crippen molar-refractivity contribution in [3.63, 3.8) is 0 Å². The van der Waals surface area contributed by atoms with Crippen LogP contribution in [0.1, 0.15) is 25.7 Å². The minimum atomic E-state index is -0.701. The van der Waals surface area contributed by atoms with Gasteiger partial charge in [0.15, 0.2) is 0 Å². The highest BCUT2D eigenvalue weighted by atomic mass is 16.4. The quantitative estimate of drug-likeness (QED) is 0.583. The van der Waals surface area contributed by atoms with Gasteiger partial charge >= 0.3 is 5.97 Å². The van der Waals surface area contributed by atoms with Crippen LogP contribution in [0.2, 0.25) is 0 Å². The summed E-state index contributed by atoms with van der Waals surface area (Å²) in [5, 5.41) is 8.22. The van der Waals surface area contributed by atoms with Crippen LogP contribution in [-0.4, -0.2) is 11.1 Å². The Morgan fingerprint density at radius 3 is 2.78 bits per heavy atom. The Labute approximate surface area is 54.2 Å². The maximum absolute atomic E-state index is 9.97. The summed E-state index contributed by atoms with van der Waals surface area (Å²) in [5.41, 5.74) is 1.43. The van der Waals surface area contributed by atoms with Crippen LogP contribution in [-0.2, 0) is 4.79 Å². The molecule has 0 aromatic carbocycles. The van der Waals surface area contributed by atoms with E-state index in [9.17, 15) is 4.79 Å². The fourth-order valence-electron chi connectivity index (χ4n) is 0.676. The molecule has 0 aliphatic heterocycles. The maximum Gasteiger partial charge on any atom is 0.303 e. The molecule has 0 saturated heterocycles. The van der Waals surface area contributed by atoms with E-state index in [-0.39, 0.29) is 6.42 Å². The summed E-state index contributed by atoms with van der Waals surface area (Å²) >= 11 is 0. The van der Waals surface area contributed by atoms with Crippen LogP contribution in [0.5, 0.6) is 0 Å². The molecule has 0 unspecified atom stereocenters. The average molecular weight is 126 g/mol. The summed E-state index contributed by atoms with van der Waals surface area (Å²) in [6.45, 7) is 0. The molecule has 9 heavy (non-hydrogen) atoms. The van der Waals surface area contributed by atoms with E-state index >= 15 is 0 Å². The summed E-state index contributed by atoms with van der Waals surface area (Å²) in [4.78, 5) is 9.97. The molecule has 1 fully saturated rings. The van der Waals surface area contributed by atoms with Gasteiger partial charge in [-0.25, -0.2) is 0 Å². The Morgan fingerprint density at radius 1 is 1.67 bits per heavy atom. The SMILES string of the molecule is O=C(O)CCC=C1CC1. The lowest BCUT2D eigenvalue weighted by Gasteiger charge is -1.84. The molecule has 50 valence electrons. The number of rotatable bonds is 3. The van der Waals surface area contributed by atoms with Crippen molar-refractivity contribution in [3.05, 3.63) is 11.6 Å². The second-order valence-electron chi connectivity index (χ2n) is 2.29. The highest BCUT2D eigenvalue weighted by Gasteiger charge is 2.09. The Balaban J connectivity index is 2.05. The van der Waals surface area contributed by atoms with Crippen LogP contribution in [0.4, 0.5) is 0 Å². The van der Waals surface area contributed by atoms with E-state index in [0.717, 1.165) is 0 Å². The lowest BCUT2D eigenvalue weighted by molar-refractivity contribution is -0.136. The van der Waals surface area contributed by atoms with E-state index < -0.39 is 5.97 Å². The van der Waals surface area contributed by atoms with Gasteiger partial charge in [-0.2, -0.15) is 0 Å². The average Bonchev–Trinajstić information content (AvgIpc) is 2.48. The largest absolute Gasteiger partial charge is 0.481 e. The summed E-state index contributed by atoms with van der Waals surface area (Å²) in [5.74, 6) is -0.701. The van der Waals surface area contributed by atoms with Crippen LogP contribution >= 0.6 is 0 Å². The molecule has 0 amide bonds. The third-order valence-corrected chi connectivity index (χ3v) is 1.33. The molecule has 0 bridgehead atoms. The molecular weight excluding hydrogens is 116 g/mol. The first kappa shape index (κ1) is 6.33. The molecule has 0 aromatic heterocycles. The number of carboxylic acids is 1. The van der Waals surface area contributed by atoms with Crippen LogP contribution in [0.15, 0.2) is 11.6 Å². The van der Waals surface area contributed by atoms with Crippen molar-refractivity contribution in [2.45, 2.75) is 25.7 Å². The van der Waals surface area contributed by atoms with E-state index in [4.69, 9.17) is 5.11 Å². The number of hydrogen-bond donors (Lipinski definition) is 1. The molecular formula is C7H10O2. The minimum absolute atomic E-state index is 0.281. The lowest BCUT2D eigenvalue weighted by atomic mass is 10.3. The van der Waals surface area contributed by atoms with Crippen molar-refractivity contribution < 1.29 is 9.90 Å². The van der Waals surface area contributed by atoms with Crippen molar-refractivity contribution in [1.82, 2.24) is 0 Å². The van der Waals surface area contributed by atoms with Gasteiger partial charge in [0.2, 0.25) is 0 Å². The van der Waals surface area contributed by atoms with Gasteiger partial charge in [0.1, 0.15) is 0 Å². The molecule has 1 rings (SSSR count). The van der Waals surface area contributed by atoms with Crippen molar-refractivity contribution in [3.8, 4) is 0 Å². The molecule has 1 N–H and O–H groups in total. The Kier molecular flexibility index (Phi) is 1.88. The predicted molar refractivity (Wildman–Crippen MR) is 34.2 cm³/mol. The Bertz CT molecular complexity index is 141. The van der Waals surface area contributed by atoms with Gasteiger partial charge in [0.25, 0.3) is 0 Å². The third kappa shape index (κ3) is 2.90. The van der Waals surface area contributed by atoms with Crippen LogP contribution < -0.4 is 0 Å². The van der Waals surface area contributed by atoms with Crippen molar-refractivity contribution >= 4 is 5.97 Å². The number of aliphatic carboxylic acids is 1. The van der Waals surface area contributed by atoms with Gasteiger partial charge in [0.05, 0.1) is 0 Å². The van der Waals surface area contributed by atoms with Crippen LogP contribution in [0.25, 0.3) is 0 Å². The van der Waals surface area contributed by atoms with Crippen LogP contribution in [0.3, 0.4) is 0 Å². The highest BCUT2D eigenvalue weighted by Crippen LogP contribution is 2.27. The van der Waals surface area contributed by atoms with Gasteiger partial charge in [-0.3, -0.25) is 4.79 Å². The monoisotopic (exact) mass is 126 g/mol. The molecule has 1 aliphatic rings.